The predicted molar refractivity (Wildman–Crippen MR) is 107 cm³/mol. The SMILES string of the molecule is Cc1nn(-c2cccc3ccccc23)c(C)c1C=C1C(=O)NC(=S)NC1=O. The van der Waals surface area contributed by atoms with Gasteiger partial charge in [-0.2, -0.15) is 5.10 Å². The van der Waals surface area contributed by atoms with Crippen molar-refractivity contribution in [3.8, 4) is 5.69 Å². The van der Waals surface area contributed by atoms with Gasteiger partial charge in [-0.1, -0.05) is 36.4 Å². The summed E-state index contributed by atoms with van der Waals surface area (Å²) in [7, 11) is 0. The summed E-state index contributed by atoms with van der Waals surface area (Å²) in [6.07, 6.45) is 1.56. The number of hydrogen-bond donors (Lipinski definition) is 2. The van der Waals surface area contributed by atoms with Crippen LogP contribution >= 0.6 is 12.2 Å². The molecule has 0 unspecified atom stereocenters. The Bertz CT molecular complexity index is 1130. The number of fused-ring (bicyclic) bond motifs is 1. The molecule has 0 spiro atoms. The average Bonchev–Trinajstić information content (AvgIpc) is 2.91. The van der Waals surface area contributed by atoms with Crippen molar-refractivity contribution < 1.29 is 9.59 Å². The number of benzene rings is 2. The fourth-order valence-electron chi connectivity index (χ4n) is 3.24. The molecule has 0 atom stereocenters. The maximum Gasteiger partial charge on any atom is 0.263 e. The first-order chi connectivity index (χ1) is 13.0. The van der Waals surface area contributed by atoms with Gasteiger partial charge in [-0.25, -0.2) is 4.68 Å². The van der Waals surface area contributed by atoms with Crippen LogP contribution in [0.25, 0.3) is 22.5 Å². The number of aryl methyl sites for hydroxylation is 1. The molecule has 1 aromatic heterocycles. The lowest BCUT2D eigenvalue weighted by Gasteiger charge is -2.16. The molecule has 2 amide bonds. The summed E-state index contributed by atoms with van der Waals surface area (Å²) in [4.78, 5) is 24.3. The van der Waals surface area contributed by atoms with E-state index in [0.717, 1.165) is 33.4 Å². The smallest absolute Gasteiger partial charge is 0.263 e. The minimum Gasteiger partial charge on any atom is -0.299 e. The van der Waals surface area contributed by atoms with Crippen molar-refractivity contribution in [1.29, 1.82) is 0 Å². The lowest BCUT2D eigenvalue weighted by Crippen LogP contribution is -2.51. The Hall–Kier alpha value is -3.32. The zero-order valence-corrected chi connectivity index (χ0v) is 15.6. The Kier molecular flexibility index (Phi) is 4.08. The molecule has 0 bridgehead atoms. The zero-order chi connectivity index (χ0) is 19.1. The number of carbonyl (C=O) groups excluding carboxylic acids is 2. The van der Waals surface area contributed by atoms with Crippen LogP contribution in [0.4, 0.5) is 0 Å². The number of nitrogens with one attached hydrogen (secondary N) is 2. The molecule has 1 fully saturated rings. The molecule has 2 aromatic carbocycles. The summed E-state index contributed by atoms with van der Waals surface area (Å²) in [6.45, 7) is 3.77. The topological polar surface area (TPSA) is 76.0 Å². The molecule has 3 aromatic rings. The van der Waals surface area contributed by atoms with Gasteiger partial charge in [0.2, 0.25) is 0 Å². The first kappa shape index (κ1) is 17.1. The van der Waals surface area contributed by atoms with E-state index in [1.807, 2.05) is 61.0 Å². The van der Waals surface area contributed by atoms with Crippen molar-refractivity contribution in [2.24, 2.45) is 0 Å². The zero-order valence-electron chi connectivity index (χ0n) is 14.7. The molecule has 0 aliphatic carbocycles. The molecule has 134 valence electrons. The van der Waals surface area contributed by atoms with Crippen molar-refractivity contribution in [3.05, 3.63) is 65.0 Å². The molecule has 0 radical (unpaired) electrons. The predicted octanol–water partition coefficient (Wildman–Crippen LogP) is 2.56. The van der Waals surface area contributed by atoms with Gasteiger partial charge in [0.25, 0.3) is 11.8 Å². The lowest BCUT2D eigenvalue weighted by molar-refractivity contribution is -0.123. The van der Waals surface area contributed by atoms with Crippen molar-refractivity contribution in [2.45, 2.75) is 13.8 Å². The van der Waals surface area contributed by atoms with E-state index in [1.165, 1.54) is 0 Å². The molecular formula is C20H16N4O2S. The summed E-state index contributed by atoms with van der Waals surface area (Å²) in [6, 6.07) is 14.1. The number of thiocarbonyl (C=S) groups is 1. The van der Waals surface area contributed by atoms with Crippen LogP contribution in [-0.2, 0) is 9.59 Å². The van der Waals surface area contributed by atoms with Gasteiger partial charge < -0.3 is 0 Å². The highest BCUT2D eigenvalue weighted by Gasteiger charge is 2.27. The third kappa shape index (κ3) is 2.92. The third-order valence-corrected chi connectivity index (χ3v) is 4.78. The Morgan fingerprint density at radius 1 is 1.00 bits per heavy atom. The molecular weight excluding hydrogens is 360 g/mol. The minimum absolute atomic E-state index is 0.00673. The highest BCUT2D eigenvalue weighted by molar-refractivity contribution is 7.80. The van der Waals surface area contributed by atoms with Crippen LogP contribution in [-0.4, -0.2) is 26.7 Å². The van der Waals surface area contributed by atoms with Gasteiger partial charge >= 0.3 is 0 Å². The fraction of sp³-hybridized carbons (Fsp3) is 0.100. The van der Waals surface area contributed by atoms with Gasteiger partial charge in [-0.15, -0.1) is 0 Å². The number of aromatic nitrogens is 2. The molecule has 7 heteroatoms. The monoisotopic (exact) mass is 376 g/mol. The summed E-state index contributed by atoms with van der Waals surface area (Å²) in [5, 5.41) is 11.7. The van der Waals surface area contributed by atoms with E-state index >= 15 is 0 Å². The van der Waals surface area contributed by atoms with E-state index in [2.05, 4.69) is 15.7 Å². The van der Waals surface area contributed by atoms with Gasteiger partial charge in [0.15, 0.2) is 5.11 Å². The molecule has 2 heterocycles. The van der Waals surface area contributed by atoms with Gasteiger partial charge in [0.1, 0.15) is 5.57 Å². The van der Waals surface area contributed by atoms with Crippen LogP contribution in [0.2, 0.25) is 0 Å². The highest BCUT2D eigenvalue weighted by Crippen LogP contribution is 2.26. The Labute approximate surface area is 160 Å². The lowest BCUT2D eigenvalue weighted by atomic mass is 10.1. The van der Waals surface area contributed by atoms with Crippen LogP contribution in [0.5, 0.6) is 0 Å². The molecule has 4 rings (SSSR count). The van der Waals surface area contributed by atoms with Crippen molar-refractivity contribution in [2.75, 3.05) is 0 Å². The molecule has 6 nitrogen and oxygen atoms in total. The van der Waals surface area contributed by atoms with E-state index in [0.29, 0.717) is 0 Å². The van der Waals surface area contributed by atoms with Crippen molar-refractivity contribution in [1.82, 2.24) is 20.4 Å². The van der Waals surface area contributed by atoms with E-state index < -0.39 is 11.8 Å². The van der Waals surface area contributed by atoms with Gasteiger partial charge in [-0.3, -0.25) is 20.2 Å². The van der Waals surface area contributed by atoms with Gasteiger partial charge in [0, 0.05) is 16.6 Å². The fourth-order valence-corrected chi connectivity index (χ4v) is 3.43. The van der Waals surface area contributed by atoms with Crippen molar-refractivity contribution >= 4 is 46.0 Å². The summed E-state index contributed by atoms with van der Waals surface area (Å²) in [5.74, 6) is -1.03. The molecule has 1 saturated heterocycles. The number of amides is 2. The molecule has 1 aliphatic rings. The number of hydrogen-bond acceptors (Lipinski definition) is 4. The van der Waals surface area contributed by atoms with Crippen LogP contribution in [0, 0.1) is 13.8 Å². The minimum atomic E-state index is -0.513. The standard InChI is InChI=1S/C20H16N4O2S/c1-11-15(10-16-18(25)21-20(27)22-19(16)26)12(2)24(23-11)17-9-5-7-13-6-3-4-8-14(13)17/h3-10H,1-2H3,(H2,21,22,25,26,27). The maximum absolute atomic E-state index is 12.1. The van der Waals surface area contributed by atoms with Gasteiger partial charge in [-0.05, 0) is 43.6 Å². The van der Waals surface area contributed by atoms with E-state index in [1.54, 1.807) is 6.08 Å². The quantitative estimate of drug-likeness (QED) is 0.409. The third-order valence-electron chi connectivity index (χ3n) is 4.57. The maximum atomic E-state index is 12.1. The molecule has 2 N–H and O–H groups in total. The van der Waals surface area contributed by atoms with E-state index in [9.17, 15) is 9.59 Å². The number of rotatable bonds is 2. The van der Waals surface area contributed by atoms with E-state index in [4.69, 9.17) is 12.2 Å². The Morgan fingerprint density at radius 3 is 2.41 bits per heavy atom. The summed E-state index contributed by atoms with van der Waals surface area (Å²) >= 11 is 4.83. The van der Waals surface area contributed by atoms with Crippen LogP contribution < -0.4 is 10.6 Å². The molecule has 1 aliphatic heterocycles. The van der Waals surface area contributed by atoms with E-state index in [-0.39, 0.29) is 10.7 Å². The second kappa shape index (κ2) is 6.44. The molecule has 27 heavy (non-hydrogen) atoms. The summed E-state index contributed by atoms with van der Waals surface area (Å²) in [5.41, 5.74) is 3.24. The second-order valence-corrected chi connectivity index (χ2v) is 6.70. The van der Waals surface area contributed by atoms with Crippen LogP contribution in [0.15, 0.2) is 48.0 Å². The number of carbonyl (C=O) groups is 2. The average molecular weight is 376 g/mol. The van der Waals surface area contributed by atoms with Crippen LogP contribution in [0.1, 0.15) is 17.0 Å². The highest BCUT2D eigenvalue weighted by atomic mass is 32.1. The summed E-state index contributed by atoms with van der Waals surface area (Å²) < 4.78 is 1.84. The Balaban J connectivity index is 1.86. The largest absolute Gasteiger partial charge is 0.299 e. The normalized spacial score (nSPS) is 14.3. The first-order valence-electron chi connectivity index (χ1n) is 8.38. The van der Waals surface area contributed by atoms with Gasteiger partial charge in [0.05, 0.1) is 11.4 Å². The van der Waals surface area contributed by atoms with Crippen molar-refractivity contribution in [3.63, 3.8) is 0 Å². The second-order valence-electron chi connectivity index (χ2n) is 6.29. The Morgan fingerprint density at radius 2 is 1.67 bits per heavy atom. The molecule has 0 saturated carbocycles. The van der Waals surface area contributed by atoms with Crippen LogP contribution in [0.3, 0.4) is 0 Å². The number of nitrogens with zero attached hydrogens (tertiary/aromatic N) is 2. The first-order valence-corrected chi connectivity index (χ1v) is 8.79.